The van der Waals surface area contributed by atoms with Crippen molar-refractivity contribution in [3.05, 3.63) is 59.7 Å². The lowest BCUT2D eigenvalue weighted by Crippen LogP contribution is -2.45. The van der Waals surface area contributed by atoms with Crippen LogP contribution in [0.2, 0.25) is 0 Å². The first-order chi connectivity index (χ1) is 15.5. The van der Waals surface area contributed by atoms with Gasteiger partial charge in [0.2, 0.25) is 5.91 Å². The zero-order chi connectivity index (χ0) is 22.6. The fourth-order valence-corrected chi connectivity index (χ4v) is 5.00. The number of nitrogens with zero attached hydrogens (tertiary/aromatic N) is 1. The van der Waals surface area contributed by atoms with E-state index in [9.17, 15) is 9.59 Å². The molecule has 6 nitrogen and oxygen atoms in total. The van der Waals surface area contributed by atoms with Gasteiger partial charge in [-0.2, -0.15) is 0 Å². The first-order valence-corrected chi connectivity index (χ1v) is 11.3. The Morgan fingerprint density at radius 1 is 1.03 bits per heavy atom. The van der Waals surface area contributed by atoms with Crippen LogP contribution in [0.3, 0.4) is 0 Å². The molecule has 0 radical (unpaired) electrons. The Balaban J connectivity index is 1.60. The van der Waals surface area contributed by atoms with Crippen LogP contribution in [0.25, 0.3) is 0 Å². The summed E-state index contributed by atoms with van der Waals surface area (Å²) in [6.07, 6.45) is 4.44. The Labute approximate surface area is 189 Å². The number of hydrogen-bond donors (Lipinski definition) is 0. The first kappa shape index (κ1) is 22.2. The van der Waals surface area contributed by atoms with Crippen LogP contribution in [-0.4, -0.2) is 43.1 Å². The number of ether oxygens (including phenoxy) is 3. The van der Waals surface area contributed by atoms with Crippen molar-refractivity contribution in [1.82, 2.24) is 4.90 Å². The van der Waals surface area contributed by atoms with E-state index < -0.39 is 11.5 Å². The Morgan fingerprint density at radius 2 is 1.69 bits per heavy atom. The molecule has 1 amide bonds. The van der Waals surface area contributed by atoms with Gasteiger partial charge in [0, 0.05) is 19.2 Å². The molecule has 32 heavy (non-hydrogen) atoms. The van der Waals surface area contributed by atoms with Gasteiger partial charge in [-0.3, -0.25) is 9.59 Å². The number of benzene rings is 2. The number of esters is 1. The van der Waals surface area contributed by atoms with Crippen LogP contribution >= 0.6 is 0 Å². The van der Waals surface area contributed by atoms with Crippen LogP contribution in [0.1, 0.15) is 43.2 Å². The molecule has 1 saturated heterocycles. The van der Waals surface area contributed by atoms with Crippen molar-refractivity contribution in [2.45, 2.75) is 50.7 Å². The van der Waals surface area contributed by atoms with Crippen molar-refractivity contribution in [1.29, 1.82) is 0 Å². The van der Waals surface area contributed by atoms with E-state index in [1.165, 1.54) is 5.56 Å². The molecule has 1 aliphatic carbocycles. The minimum absolute atomic E-state index is 0.00420. The minimum atomic E-state index is -0.620. The monoisotopic (exact) mass is 437 g/mol. The van der Waals surface area contributed by atoms with Crippen LogP contribution in [0.4, 0.5) is 0 Å². The molecule has 0 bridgehead atoms. The van der Waals surface area contributed by atoms with Crippen molar-refractivity contribution in [2.24, 2.45) is 5.92 Å². The third-order valence-electron chi connectivity index (χ3n) is 6.68. The van der Waals surface area contributed by atoms with Gasteiger partial charge in [-0.05, 0) is 55.4 Å². The average molecular weight is 438 g/mol. The third kappa shape index (κ3) is 4.74. The van der Waals surface area contributed by atoms with Gasteiger partial charge in [-0.1, -0.05) is 30.3 Å². The summed E-state index contributed by atoms with van der Waals surface area (Å²) in [5.74, 6) is 0.690. The topological polar surface area (TPSA) is 65.1 Å². The van der Waals surface area contributed by atoms with Crippen molar-refractivity contribution >= 4 is 11.9 Å². The maximum absolute atomic E-state index is 13.8. The van der Waals surface area contributed by atoms with E-state index >= 15 is 0 Å². The zero-order valence-electron chi connectivity index (χ0n) is 18.8. The van der Waals surface area contributed by atoms with Crippen molar-refractivity contribution in [3.8, 4) is 11.5 Å². The molecule has 170 valence electrons. The van der Waals surface area contributed by atoms with Gasteiger partial charge >= 0.3 is 5.97 Å². The lowest BCUT2D eigenvalue weighted by atomic mass is 9.84. The van der Waals surface area contributed by atoms with Gasteiger partial charge in [0.15, 0.2) is 0 Å². The molecule has 1 spiro atoms. The first-order valence-electron chi connectivity index (χ1n) is 11.3. The molecular weight excluding hydrogens is 406 g/mol. The maximum atomic E-state index is 13.8. The lowest BCUT2D eigenvalue weighted by Gasteiger charge is -2.33. The molecule has 2 fully saturated rings. The smallest absolute Gasteiger partial charge is 0.307 e. The van der Waals surface area contributed by atoms with Crippen molar-refractivity contribution in [3.63, 3.8) is 0 Å². The highest BCUT2D eigenvalue weighted by Crippen LogP contribution is 2.46. The van der Waals surface area contributed by atoms with Crippen LogP contribution < -0.4 is 9.47 Å². The average Bonchev–Trinajstić information content (AvgIpc) is 3.42. The molecule has 4 rings (SSSR count). The van der Waals surface area contributed by atoms with Gasteiger partial charge in [-0.15, -0.1) is 0 Å². The molecular formula is C26H31NO5. The standard InChI is InChI=1S/C26H31NO5/c1-30-21-14-20(15-22(16-21)31-2)18-27(13-10-19-8-4-3-5-9-19)25(29)23-17-24(28)32-26(23)11-6-7-12-26/h3-5,8-9,14-16,23H,6-7,10-13,17-18H2,1-2H3. The van der Waals surface area contributed by atoms with E-state index in [0.717, 1.165) is 37.7 Å². The SMILES string of the molecule is COc1cc(CN(CCc2ccccc2)C(=O)C2CC(=O)OC23CCCC3)cc(OC)c1. The van der Waals surface area contributed by atoms with Crippen molar-refractivity contribution < 1.29 is 23.8 Å². The molecule has 2 aliphatic rings. The summed E-state index contributed by atoms with van der Waals surface area (Å²) in [6.45, 7) is 0.975. The number of hydrogen-bond acceptors (Lipinski definition) is 5. The maximum Gasteiger partial charge on any atom is 0.307 e. The van der Waals surface area contributed by atoms with E-state index in [-0.39, 0.29) is 18.3 Å². The predicted molar refractivity (Wildman–Crippen MR) is 121 cm³/mol. The van der Waals surface area contributed by atoms with E-state index in [1.54, 1.807) is 14.2 Å². The summed E-state index contributed by atoms with van der Waals surface area (Å²) in [5, 5.41) is 0. The molecule has 1 atom stereocenters. The fourth-order valence-electron chi connectivity index (χ4n) is 5.00. The van der Waals surface area contributed by atoms with E-state index in [4.69, 9.17) is 14.2 Å². The van der Waals surface area contributed by atoms with Crippen LogP contribution in [0, 0.1) is 5.92 Å². The summed E-state index contributed by atoms with van der Waals surface area (Å²) >= 11 is 0. The van der Waals surface area contributed by atoms with E-state index in [1.807, 2.05) is 41.3 Å². The van der Waals surface area contributed by atoms with E-state index in [0.29, 0.717) is 24.6 Å². The second-order valence-electron chi connectivity index (χ2n) is 8.72. The van der Waals surface area contributed by atoms with Crippen LogP contribution in [0.15, 0.2) is 48.5 Å². The molecule has 1 aliphatic heterocycles. The Morgan fingerprint density at radius 3 is 2.31 bits per heavy atom. The normalized spacial score (nSPS) is 19.1. The number of methoxy groups -OCH3 is 2. The Kier molecular flexibility index (Phi) is 6.68. The number of carbonyl (C=O) groups excluding carboxylic acids is 2. The predicted octanol–water partition coefficient (Wildman–Crippen LogP) is 4.15. The molecule has 1 heterocycles. The lowest BCUT2D eigenvalue weighted by molar-refractivity contribution is -0.151. The second-order valence-corrected chi connectivity index (χ2v) is 8.72. The van der Waals surface area contributed by atoms with Crippen molar-refractivity contribution in [2.75, 3.05) is 20.8 Å². The van der Waals surface area contributed by atoms with Gasteiger partial charge < -0.3 is 19.1 Å². The molecule has 2 aromatic carbocycles. The molecule has 0 N–H and O–H groups in total. The fraction of sp³-hybridized carbons (Fsp3) is 0.462. The molecule has 6 heteroatoms. The summed E-state index contributed by atoms with van der Waals surface area (Å²) in [5.41, 5.74) is 1.47. The van der Waals surface area contributed by atoms with Gasteiger partial charge in [0.25, 0.3) is 0 Å². The molecule has 2 aromatic rings. The Bertz CT molecular complexity index is 930. The summed E-state index contributed by atoms with van der Waals surface area (Å²) in [6, 6.07) is 15.8. The molecule has 1 saturated carbocycles. The largest absolute Gasteiger partial charge is 0.497 e. The highest BCUT2D eigenvalue weighted by molar-refractivity contribution is 5.88. The minimum Gasteiger partial charge on any atom is -0.497 e. The Hall–Kier alpha value is -3.02. The quantitative estimate of drug-likeness (QED) is 0.581. The highest BCUT2D eigenvalue weighted by atomic mass is 16.6. The second kappa shape index (κ2) is 9.63. The molecule has 1 unspecified atom stereocenters. The van der Waals surface area contributed by atoms with Gasteiger partial charge in [0.1, 0.15) is 17.1 Å². The number of amides is 1. The number of carbonyl (C=O) groups is 2. The van der Waals surface area contributed by atoms with Gasteiger partial charge in [0.05, 0.1) is 26.6 Å². The number of rotatable bonds is 8. The highest BCUT2D eigenvalue weighted by Gasteiger charge is 2.54. The third-order valence-corrected chi connectivity index (χ3v) is 6.68. The van der Waals surface area contributed by atoms with E-state index in [2.05, 4.69) is 12.1 Å². The van der Waals surface area contributed by atoms with Crippen LogP contribution in [-0.2, 0) is 27.3 Å². The summed E-state index contributed by atoms with van der Waals surface area (Å²) in [7, 11) is 3.23. The van der Waals surface area contributed by atoms with Gasteiger partial charge in [-0.25, -0.2) is 0 Å². The zero-order valence-corrected chi connectivity index (χ0v) is 18.8. The van der Waals surface area contributed by atoms with Crippen LogP contribution in [0.5, 0.6) is 11.5 Å². The summed E-state index contributed by atoms with van der Waals surface area (Å²) in [4.78, 5) is 27.9. The molecule has 0 aromatic heterocycles. The summed E-state index contributed by atoms with van der Waals surface area (Å²) < 4.78 is 16.6.